The Balaban J connectivity index is 2.26. The minimum absolute atomic E-state index is 0.102. The van der Waals surface area contributed by atoms with Gasteiger partial charge in [0.15, 0.2) is 0 Å². The molecule has 1 amide bonds. The van der Waals surface area contributed by atoms with E-state index < -0.39 is 29.0 Å². The number of nitrogens with one attached hydrogen (secondary N) is 1. The molecule has 2 rings (SSSR count). The molecular formula is C13H11F4N3O. The van der Waals surface area contributed by atoms with Gasteiger partial charge in [-0.1, -0.05) is 0 Å². The van der Waals surface area contributed by atoms with Crippen molar-refractivity contribution < 1.29 is 22.4 Å². The highest BCUT2D eigenvalue weighted by Crippen LogP contribution is 2.30. The van der Waals surface area contributed by atoms with Crippen LogP contribution in [0.25, 0.3) is 0 Å². The predicted molar refractivity (Wildman–Crippen MR) is 65.8 cm³/mol. The fourth-order valence-electron chi connectivity index (χ4n) is 1.78. The summed E-state index contributed by atoms with van der Waals surface area (Å²) in [5, 5.41) is 6.23. The lowest BCUT2D eigenvalue weighted by Gasteiger charge is -2.17. The second-order valence-corrected chi connectivity index (χ2v) is 4.46. The number of amides is 1. The molecule has 112 valence electrons. The molecule has 0 aliphatic heterocycles. The van der Waals surface area contributed by atoms with Gasteiger partial charge in [-0.3, -0.25) is 9.89 Å². The zero-order valence-corrected chi connectivity index (χ0v) is 10.9. The molecule has 0 aliphatic carbocycles. The normalized spacial score (nSPS) is 11.5. The van der Waals surface area contributed by atoms with Crippen molar-refractivity contribution in [3.8, 4) is 0 Å². The van der Waals surface area contributed by atoms with Gasteiger partial charge in [0.2, 0.25) is 0 Å². The maximum atomic E-state index is 13.6. The second kappa shape index (κ2) is 5.55. The van der Waals surface area contributed by atoms with Gasteiger partial charge in [-0.25, -0.2) is 4.39 Å². The van der Waals surface area contributed by atoms with Crippen LogP contribution in [0.4, 0.5) is 17.6 Å². The minimum atomic E-state index is -4.63. The van der Waals surface area contributed by atoms with Gasteiger partial charge in [0, 0.05) is 25.4 Å². The van der Waals surface area contributed by atoms with Crippen LogP contribution in [0.15, 0.2) is 30.6 Å². The first kappa shape index (κ1) is 15.0. The standard InChI is InChI=1S/C13H11F4N3O/c1-20(7-8-5-18-19-6-8)12(21)10-4-9(13(15,16)17)2-3-11(10)14/h2-6H,7H2,1H3,(H,18,19). The number of rotatable bonds is 3. The van der Waals surface area contributed by atoms with E-state index in [1.165, 1.54) is 19.4 Å². The topological polar surface area (TPSA) is 49.0 Å². The van der Waals surface area contributed by atoms with E-state index in [1.807, 2.05) is 0 Å². The Morgan fingerprint density at radius 1 is 1.38 bits per heavy atom. The summed E-state index contributed by atoms with van der Waals surface area (Å²) >= 11 is 0. The molecule has 1 heterocycles. The molecule has 21 heavy (non-hydrogen) atoms. The third-order valence-electron chi connectivity index (χ3n) is 2.85. The summed E-state index contributed by atoms with van der Waals surface area (Å²) in [5.74, 6) is -1.83. The summed E-state index contributed by atoms with van der Waals surface area (Å²) in [4.78, 5) is 13.2. The monoisotopic (exact) mass is 301 g/mol. The number of aromatic amines is 1. The minimum Gasteiger partial charge on any atom is -0.337 e. The number of benzene rings is 1. The average Bonchev–Trinajstić information content (AvgIpc) is 2.90. The number of nitrogens with zero attached hydrogens (tertiary/aromatic N) is 2. The molecule has 4 nitrogen and oxygen atoms in total. The van der Waals surface area contributed by atoms with Crippen LogP contribution in [-0.4, -0.2) is 28.1 Å². The van der Waals surface area contributed by atoms with Gasteiger partial charge in [0.25, 0.3) is 5.91 Å². The highest BCUT2D eigenvalue weighted by Gasteiger charge is 2.32. The lowest BCUT2D eigenvalue weighted by molar-refractivity contribution is -0.137. The van der Waals surface area contributed by atoms with E-state index in [-0.39, 0.29) is 6.54 Å². The first-order chi connectivity index (χ1) is 9.79. The van der Waals surface area contributed by atoms with Gasteiger partial charge in [-0.05, 0) is 18.2 Å². The SMILES string of the molecule is CN(Cc1cn[nH]c1)C(=O)c1cc(C(F)(F)F)ccc1F. The van der Waals surface area contributed by atoms with Crippen LogP contribution >= 0.6 is 0 Å². The van der Waals surface area contributed by atoms with E-state index in [0.29, 0.717) is 23.8 Å². The van der Waals surface area contributed by atoms with Crippen LogP contribution in [0.3, 0.4) is 0 Å². The largest absolute Gasteiger partial charge is 0.416 e. The number of carbonyl (C=O) groups is 1. The van der Waals surface area contributed by atoms with Crippen LogP contribution in [0.2, 0.25) is 0 Å². The summed E-state index contributed by atoms with van der Waals surface area (Å²) in [7, 11) is 1.37. The molecular weight excluding hydrogens is 290 g/mol. The average molecular weight is 301 g/mol. The highest BCUT2D eigenvalue weighted by molar-refractivity contribution is 5.94. The molecule has 0 unspecified atom stereocenters. The quantitative estimate of drug-likeness (QED) is 0.886. The molecule has 8 heteroatoms. The fraction of sp³-hybridized carbons (Fsp3) is 0.231. The number of hydrogen-bond acceptors (Lipinski definition) is 2. The number of hydrogen-bond donors (Lipinski definition) is 1. The van der Waals surface area contributed by atoms with Gasteiger partial charge in [-0.2, -0.15) is 18.3 Å². The zero-order valence-electron chi connectivity index (χ0n) is 10.9. The molecule has 0 saturated heterocycles. The molecule has 0 bridgehead atoms. The van der Waals surface area contributed by atoms with Gasteiger partial charge >= 0.3 is 6.18 Å². The molecule has 1 N–H and O–H groups in total. The summed E-state index contributed by atoms with van der Waals surface area (Å²) in [6.07, 6.45) is -1.63. The first-order valence-electron chi connectivity index (χ1n) is 5.89. The summed E-state index contributed by atoms with van der Waals surface area (Å²) < 4.78 is 51.4. The lowest BCUT2D eigenvalue weighted by Crippen LogP contribution is -2.27. The van der Waals surface area contributed by atoms with E-state index in [9.17, 15) is 22.4 Å². The Morgan fingerprint density at radius 3 is 2.67 bits per heavy atom. The van der Waals surface area contributed by atoms with Crippen molar-refractivity contribution in [2.45, 2.75) is 12.7 Å². The van der Waals surface area contributed by atoms with Crippen molar-refractivity contribution in [2.24, 2.45) is 0 Å². The van der Waals surface area contributed by atoms with Gasteiger partial charge in [-0.15, -0.1) is 0 Å². The Bertz CT molecular complexity index is 637. The van der Waals surface area contributed by atoms with Crippen molar-refractivity contribution in [3.63, 3.8) is 0 Å². The van der Waals surface area contributed by atoms with Crippen molar-refractivity contribution >= 4 is 5.91 Å². The van der Waals surface area contributed by atoms with Crippen molar-refractivity contribution in [1.29, 1.82) is 0 Å². The lowest BCUT2D eigenvalue weighted by atomic mass is 10.1. The van der Waals surface area contributed by atoms with E-state index in [2.05, 4.69) is 10.2 Å². The molecule has 0 saturated carbocycles. The number of alkyl halides is 3. The third kappa shape index (κ3) is 3.39. The first-order valence-corrected chi connectivity index (χ1v) is 5.89. The second-order valence-electron chi connectivity index (χ2n) is 4.46. The predicted octanol–water partition coefficient (Wildman–Crippen LogP) is 2.84. The number of aromatic nitrogens is 2. The van der Waals surface area contributed by atoms with Crippen LogP contribution in [-0.2, 0) is 12.7 Å². The summed E-state index contributed by atoms with van der Waals surface area (Å²) in [6, 6.07) is 1.76. The summed E-state index contributed by atoms with van der Waals surface area (Å²) in [6.45, 7) is 0.102. The van der Waals surface area contributed by atoms with Crippen molar-refractivity contribution in [3.05, 3.63) is 53.1 Å². The molecule has 0 aliphatic rings. The Labute approximate surface area is 117 Å². The fourth-order valence-corrected chi connectivity index (χ4v) is 1.78. The van der Waals surface area contributed by atoms with Crippen LogP contribution < -0.4 is 0 Å². The maximum absolute atomic E-state index is 13.6. The van der Waals surface area contributed by atoms with E-state index in [1.54, 1.807) is 0 Å². The number of carbonyl (C=O) groups excluding carboxylic acids is 1. The Morgan fingerprint density at radius 2 is 2.10 bits per heavy atom. The van der Waals surface area contributed by atoms with E-state index >= 15 is 0 Å². The van der Waals surface area contributed by atoms with Crippen LogP contribution in [0.1, 0.15) is 21.5 Å². The third-order valence-corrected chi connectivity index (χ3v) is 2.85. The number of H-pyrrole nitrogens is 1. The molecule has 0 fully saturated rings. The Kier molecular flexibility index (Phi) is 3.97. The van der Waals surface area contributed by atoms with E-state index in [4.69, 9.17) is 0 Å². The molecule has 1 aromatic heterocycles. The van der Waals surface area contributed by atoms with Gasteiger partial charge in [0.1, 0.15) is 5.82 Å². The van der Waals surface area contributed by atoms with Gasteiger partial charge < -0.3 is 4.90 Å². The van der Waals surface area contributed by atoms with Crippen LogP contribution in [0, 0.1) is 5.82 Å². The number of halogens is 4. The molecule has 1 aromatic carbocycles. The van der Waals surface area contributed by atoms with E-state index in [0.717, 1.165) is 4.90 Å². The zero-order chi connectivity index (χ0) is 15.6. The van der Waals surface area contributed by atoms with Crippen LogP contribution in [0.5, 0.6) is 0 Å². The molecule has 0 radical (unpaired) electrons. The smallest absolute Gasteiger partial charge is 0.337 e. The Hall–Kier alpha value is -2.38. The molecule has 0 atom stereocenters. The van der Waals surface area contributed by atoms with Crippen molar-refractivity contribution in [1.82, 2.24) is 15.1 Å². The molecule has 0 spiro atoms. The van der Waals surface area contributed by atoms with Crippen molar-refractivity contribution in [2.75, 3.05) is 7.05 Å². The van der Waals surface area contributed by atoms with Gasteiger partial charge in [0.05, 0.1) is 17.3 Å². The molecule has 2 aromatic rings. The summed E-state index contributed by atoms with van der Waals surface area (Å²) in [5.41, 5.74) is -1.03. The highest BCUT2D eigenvalue weighted by atomic mass is 19.4. The maximum Gasteiger partial charge on any atom is 0.416 e.